The second-order valence-corrected chi connectivity index (χ2v) is 8.99. The van der Waals surface area contributed by atoms with Gasteiger partial charge in [0.05, 0.1) is 30.0 Å². The number of anilines is 2. The zero-order chi connectivity index (χ0) is 22.5. The normalized spacial score (nSPS) is 16.1. The number of carbonyl (C=O) groups excluding carboxylic acids is 1. The number of nitro groups is 1. The van der Waals surface area contributed by atoms with Crippen molar-refractivity contribution in [3.8, 4) is 0 Å². The van der Waals surface area contributed by atoms with Crippen LogP contribution in [0.2, 0.25) is 5.02 Å². The van der Waals surface area contributed by atoms with Crippen LogP contribution in [0.3, 0.4) is 0 Å². The summed E-state index contributed by atoms with van der Waals surface area (Å²) in [6, 6.07) is 3.33. The van der Waals surface area contributed by atoms with Crippen molar-refractivity contribution >= 4 is 57.1 Å². The number of carbonyl (C=O) groups is 1. The Morgan fingerprint density at radius 3 is 2.84 bits per heavy atom. The number of aromatic nitrogens is 2. The van der Waals surface area contributed by atoms with Gasteiger partial charge in [-0.25, -0.2) is 9.37 Å². The Morgan fingerprint density at radius 2 is 2.19 bits per heavy atom. The number of pyridine rings is 1. The minimum Gasteiger partial charge on any atom is -0.379 e. The molecule has 0 radical (unpaired) electrons. The molecule has 3 aromatic rings. The maximum atomic E-state index is 14.4. The van der Waals surface area contributed by atoms with Crippen LogP contribution in [-0.2, 0) is 0 Å². The third-order valence-electron chi connectivity index (χ3n) is 5.35. The van der Waals surface area contributed by atoms with Crippen LogP contribution in [0.5, 0.6) is 0 Å². The highest BCUT2D eigenvalue weighted by Gasteiger charge is 2.53. The van der Waals surface area contributed by atoms with Crippen molar-refractivity contribution < 1.29 is 19.2 Å². The molecule has 1 saturated heterocycles. The third-order valence-corrected chi connectivity index (χ3v) is 6.38. The average Bonchev–Trinajstić information content (AvgIpc) is 3.17. The summed E-state index contributed by atoms with van der Waals surface area (Å²) in [5.74, 6) is -1.03. The maximum absolute atomic E-state index is 14.4. The summed E-state index contributed by atoms with van der Waals surface area (Å²) in [5, 5.41) is 24.5. The smallest absolute Gasteiger partial charge is 0.257 e. The molecule has 1 atom stereocenters. The van der Waals surface area contributed by atoms with Crippen molar-refractivity contribution in [1.82, 2.24) is 14.3 Å². The van der Waals surface area contributed by atoms with Gasteiger partial charge in [0, 0.05) is 34.0 Å². The van der Waals surface area contributed by atoms with Crippen LogP contribution in [0.4, 0.5) is 15.8 Å². The summed E-state index contributed by atoms with van der Waals surface area (Å²) in [6.45, 7) is 0.887. The van der Waals surface area contributed by atoms with E-state index in [4.69, 9.17) is 11.6 Å². The maximum Gasteiger partial charge on any atom is 0.257 e. The molecule has 0 saturated carbocycles. The summed E-state index contributed by atoms with van der Waals surface area (Å²) < 4.78 is 16.7. The molecule has 1 aliphatic rings. The number of imidazole rings is 1. The van der Waals surface area contributed by atoms with Gasteiger partial charge in [-0.2, -0.15) is 0 Å². The molecule has 2 N–H and O–H groups in total. The van der Waals surface area contributed by atoms with Gasteiger partial charge >= 0.3 is 0 Å². The molecule has 1 amide bonds. The van der Waals surface area contributed by atoms with E-state index >= 15 is 0 Å². The molecule has 1 aromatic carbocycles. The lowest BCUT2D eigenvalue weighted by atomic mass is 9.86. The Hall–Kier alpha value is -2.51. The van der Waals surface area contributed by atoms with Gasteiger partial charge in [0.25, 0.3) is 5.91 Å². The van der Waals surface area contributed by atoms with Gasteiger partial charge in [-0.1, -0.05) is 11.6 Å². The first kappa shape index (κ1) is 21.7. The van der Waals surface area contributed by atoms with Crippen molar-refractivity contribution in [3.63, 3.8) is 0 Å². The number of amides is 1. The van der Waals surface area contributed by atoms with Gasteiger partial charge < -0.3 is 19.7 Å². The predicted octanol–water partition coefficient (Wildman–Crippen LogP) is 3.33. The van der Waals surface area contributed by atoms with Crippen LogP contribution in [0.1, 0.15) is 17.3 Å². The number of benzene rings is 1. The molecule has 3 heterocycles. The Labute approximate surface area is 194 Å². The second-order valence-electron chi connectivity index (χ2n) is 7.37. The molecule has 162 valence electrons. The van der Waals surface area contributed by atoms with Crippen LogP contribution < -0.4 is 5.32 Å². The summed E-state index contributed by atoms with van der Waals surface area (Å²) in [4.78, 5) is 29.1. The highest BCUT2D eigenvalue weighted by Crippen LogP contribution is 2.36. The number of halogens is 3. The number of nitrogens with zero attached hydrogens (tertiary/aromatic N) is 4. The molecule has 4 rings (SSSR count). The molecule has 0 spiro atoms. The van der Waals surface area contributed by atoms with Gasteiger partial charge in [-0.15, -0.1) is 0 Å². The molecule has 1 aliphatic heterocycles. The SMILES string of the molecule is CC([N+](=O)[O-])C1(O)CN(C(=O)c2cn3ccnc3c(Cl)c2Nc2ccc(I)cc2F)C1. The van der Waals surface area contributed by atoms with Crippen molar-refractivity contribution in [2.45, 2.75) is 18.6 Å². The quantitative estimate of drug-likeness (QED) is 0.282. The fraction of sp³-hybridized carbons (Fsp3) is 0.263. The van der Waals surface area contributed by atoms with Crippen molar-refractivity contribution in [3.05, 3.63) is 66.9 Å². The molecule has 31 heavy (non-hydrogen) atoms. The van der Waals surface area contributed by atoms with Crippen molar-refractivity contribution in [2.24, 2.45) is 0 Å². The number of hydrogen-bond acceptors (Lipinski definition) is 6. The van der Waals surface area contributed by atoms with E-state index in [9.17, 15) is 24.4 Å². The lowest BCUT2D eigenvalue weighted by molar-refractivity contribution is -0.545. The summed E-state index contributed by atoms with van der Waals surface area (Å²) in [6.07, 6.45) is 4.61. The number of likely N-dealkylation sites (tertiary alicyclic amines) is 1. The molecule has 1 fully saturated rings. The van der Waals surface area contributed by atoms with Crippen LogP contribution in [0.25, 0.3) is 5.65 Å². The third kappa shape index (κ3) is 3.81. The van der Waals surface area contributed by atoms with E-state index in [1.54, 1.807) is 16.7 Å². The summed E-state index contributed by atoms with van der Waals surface area (Å²) in [5.41, 5.74) is -0.853. The lowest BCUT2D eigenvalue weighted by Gasteiger charge is -2.46. The monoisotopic (exact) mass is 559 g/mol. The van der Waals surface area contributed by atoms with E-state index in [1.807, 2.05) is 22.6 Å². The van der Waals surface area contributed by atoms with Crippen LogP contribution in [0, 0.1) is 19.5 Å². The molecule has 9 nitrogen and oxygen atoms in total. The Balaban J connectivity index is 1.71. The number of β-amino-alcohol motifs (C(OH)–C–C–N with tert-alkyl or cyclic N) is 1. The average molecular weight is 560 g/mol. The van der Waals surface area contributed by atoms with Crippen LogP contribution in [-0.4, -0.2) is 55.0 Å². The molecular formula is C19H16ClFIN5O4. The number of nitrogens with one attached hydrogen (secondary N) is 1. The molecule has 0 aliphatic carbocycles. The minimum atomic E-state index is -1.61. The summed E-state index contributed by atoms with van der Waals surface area (Å²) in [7, 11) is 0. The number of aliphatic hydroxyl groups is 1. The first-order valence-electron chi connectivity index (χ1n) is 9.13. The predicted molar refractivity (Wildman–Crippen MR) is 120 cm³/mol. The topological polar surface area (TPSA) is 113 Å². The zero-order valence-electron chi connectivity index (χ0n) is 16.1. The first-order valence-corrected chi connectivity index (χ1v) is 10.6. The molecule has 0 bridgehead atoms. The van der Waals surface area contributed by atoms with Crippen molar-refractivity contribution in [1.29, 1.82) is 0 Å². The largest absolute Gasteiger partial charge is 0.379 e. The highest BCUT2D eigenvalue weighted by molar-refractivity contribution is 14.1. The zero-order valence-corrected chi connectivity index (χ0v) is 19.0. The number of rotatable bonds is 5. The first-order chi connectivity index (χ1) is 14.6. The Bertz CT molecular complexity index is 1210. The highest BCUT2D eigenvalue weighted by atomic mass is 127. The van der Waals surface area contributed by atoms with E-state index in [0.29, 0.717) is 9.22 Å². The standard InChI is InChI=1S/C19H16ClFIN5O4/c1-10(27(30)31)19(29)8-26(9-19)18(28)12-7-25-5-4-23-17(25)15(20)16(12)24-14-3-2-11(22)6-13(14)21/h2-7,10,24,29H,8-9H2,1H3. The number of fused-ring (bicyclic) bond motifs is 1. The summed E-state index contributed by atoms with van der Waals surface area (Å²) >= 11 is 8.48. The van der Waals surface area contributed by atoms with Gasteiger partial charge in [0.15, 0.2) is 11.2 Å². The lowest BCUT2D eigenvalue weighted by Crippen LogP contribution is -2.69. The van der Waals surface area contributed by atoms with Crippen LogP contribution >= 0.6 is 34.2 Å². The van der Waals surface area contributed by atoms with Gasteiger partial charge in [0.1, 0.15) is 10.8 Å². The van der Waals surface area contributed by atoms with Crippen LogP contribution in [0.15, 0.2) is 36.8 Å². The van der Waals surface area contributed by atoms with E-state index < -0.39 is 28.3 Å². The van der Waals surface area contributed by atoms with Gasteiger partial charge in [0.2, 0.25) is 6.04 Å². The Kier molecular flexibility index (Phi) is 5.52. The molecule has 1 unspecified atom stereocenters. The van der Waals surface area contributed by atoms with E-state index in [2.05, 4.69) is 10.3 Å². The minimum absolute atomic E-state index is 0.114. The van der Waals surface area contributed by atoms with Crippen molar-refractivity contribution in [2.75, 3.05) is 18.4 Å². The van der Waals surface area contributed by atoms with E-state index in [0.717, 1.165) is 0 Å². The van der Waals surface area contributed by atoms with E-state index in [-0.39, 0.29) is 35.1 Å². The fourth-order valence-corrected chi connectivity index (χ4v) is 4.17. The number of hydrogen-bond donors (Lipinski definition) is 2. The fourth-order valence-electron chi connectivity index (χ4n) is 3.42. The molecular weight excluding hydrogens is 544 g/mol. The second kappa shape index (κ2) is 7.88. The van der Waals surface area contributed by atoms with E-state index in [1.165, 1.54) is 36.4 Å². The molecule has 12 heteroatoms. The van der Waals surface area contributed by atoms with Gasteiger partial charge in [-0.05, 0) is 40.8 Å². The molecule has 2 aromatic heterocycles. The van der Waals surface area contributed by atoms with Gasteiger partial charge in [-0.3, -0.25) is 14.9 Å². The Morgan fingerprint density at radius 1 is 1.48 bits per heavy atom.